The average Bonchev–Trinajstić information content (AvgIpc) is 3.14. The number of hydrogen-bond donors (Lipinski definition) is 2. The van der Waals surface area contributed by atoms with E-state index in [2.05, 4.69) is 31.3 Å². The molecule has 1 saturated carbocycles. The zero-order valence-electron chi connectivity index (χ0n) is 14.6. The standard InChI is InChI=1S/C19H32N2O2/c1-13(2)9-18(19(23)21-7-5-17(22)6-8-21)20-12-16-11-14-3-4-15(16)10-14/h3-4,13-18,20,22H,5-12H2,1-2H3. The van der Waals surface area contributed by atoms with E-state index in [-0.39, 0.29) is 18.1 Å². The number of carbonyl (C=O) groups excluding carboxylic acids is 1. The Kier molecular flexibility index (Phi) is 5.42. The van der Waals surface area contributed by atoms with Gasteiger partial charge in [-0.1, -0.05) is 26.0 Å². The Morgan fingerprint density at radius 2 is 2.00 bits per heavy atom. The minimum atomic E-state index is -0.226. The van der Waals surface area contributed by atoms with Gasteiger partial charge in [0.1, 0.15) is 0 Å². The molecule has 2 bridgehead atoms. The minimum absolute atomic E-state index is 0.0617. The van der Waals surface area contributed by atoms with Gasteiger partial charge in [0.15, 0.2) is 0 Å². The Hall–Kier alpha value is -0.870. The molecule has 0 aromatic carbocycles. The average molecular weight is 320 g/mol. The van der Waals surface area contributed by atoms with Gasteiger partial charge in [-0.3, -0.25) is 4.79 Å². The molecule has 1 heterocycles. The van der Waals surface area contributed by atoms with Crippen molar-refractivity contribution < 1.29 is 9.90 Å². The Balaban J connectivity index is 1.54. The number of hydrogen-bond acceptors (Lipinski definition) is 3. The summed E-state index contributed by atoms with van der Waals surface area (Å²) in [5.41, 5.74) is 0. The number of carbonyl (C=O) groups is 1. The Labute approximate surface area is 140 Å². The first-order chi connectivity index (χ1) is 11.0. The largest absolute Gasteiger partial charge is 0.393 e. The number of allylic oxidation sites excluding steroid dienone is 2. The summed E-state index contributed by atoms with van der Waals surface area (Å²) in [5, 5.41) is 13.2. The van der Waals surface area contributed by atoms with Crippen LogP contribution in [0.3, 0.4) is 0 Å². The van der Waals surface area contributed by atoms with Gasteiger partial charge in [-0.25, -0.2) is 0 Å². The molecule has 130 valence electrons. The second-order valence-corrected chi connectivity index (χ2v) is 8.19. The van der Waals surface area contributed by atoms with E-state index in [9.17, 15) is 9.90 Å². The van der Waals surface area contributed by atoms with Crippen molar-refractivity contribution in [2.24, 2.45) is 23.7 Å². The maximum Gasteiger partial charge on any atom is 0.239 e. The van der Waals surface area contributed by atoms with Crippen molar-refractivity contribution in [1.29, 1.82) is 0 Å². The molecule has 2 fully saturated rings. The van der Waals surface area contributed by atoms with Crippen LogP contribution in [-0.4, -0.2) is 47.7 Å². The number of aliphatic hydroxyl groups is 1. The molecule has 0 aromatic rings. The lowest BCUT2D eigenvalue weighted by molar-refractivity contribution is -0.136. The molecule has 3 rings (SSSR count). The Morgan fingerprint density at radius 3 is 2.57 bits per heavy atom. The monoisotopic (exact) mass is 320 g/mol. The van der Waals surface area contributed by atoms with Crippen LogP contribution in [0.2, 0.25) is 0 Å². The van der Waals surface area contributed by atoms with Gasteiger partial charge in [-0.05, 0) is 62.3 Å². The maximum absolute atomic E-state index is 12.9. The van der Waals surface area contributed by atoms with Gasteiger partial charge in [-0.2, -0.15) is 0 Å². The van der Waals surface area contributed by atoms with Crippen LogP contribution in [0.4, 0.5) is 0 Å². The fourth-order valence-corrected chi connectivity index (χ4v) is 4.47. The van der Waals surface area contributed by atoms with E-state index >= 15 is 0 Å². The quantitative estimate of drug-likeness (QED) is 0.738. The molecule has 0 radical (unpaired) electrons. The van der Waals surface area contributed by atoms with Crippen molar-refractivity contribution in [2.75, 3.05) is 19.6 Å². The van der Waals surface area contributed by atoms with Crippen LogP contribution in [-0.2, 0) is 4.79 Å². The van der Waals surface area contributed by atoms with Gasteiger partial charge in [0.05, 0.1) is 12.1 Å². The summed E-state index contributed by atoms with van der Waals surface area (Å²) >= 11 is 0. The summed E-state index contributed by atoms with van der Waals surface area (Å²) in [5.74, 6) is 2.97. The van der Waals surface area contributed by atoms with Gasteiger partial charge >= 0.3 is 0 Å². The van der Waals surface area contributed by atoms with Gasteiger partial charge in [0.2, 0.25) is 5.91 Å². The van der Waals surface area contributed by atoms with Gasteiger partial charge < -0.3 is 15.3 Å². The first kappa shape index (κ1) is 17.0. The molecule has 4 heteroatoms. The molecule has 4 unspecified atom stereocenters. The highest BCUT2D eigenvalue weighted by molar-refractivity contribution is 5.82. The van der Waals surface area contributed by atoms with E-state index in [1.807, 2.05) is 4.90 Å². The van der Waals surface area contributed by atoms with E-state index in [1.165, 1.54) is 12.8 Å². The number of piperidine rings is 1. The first-order valence-electron chi connectivity index (χ1n) is 9.41. The number of fused-ring (bicyclic) bond motifs is 2. The Bertz CT molecular complexity index is 441. The summed E-state index contributed by atoms with van der Waals surface area (Å²) in [4.78, 5) is 14.8. The molecule has 2 N–H and O–H groups in total. The van der Waals surface area contributed by atoms with Crippen molar-refractivity contribution in [3.63, 3.8) is 0 Å². The molecule has 4 nitrogen and oxygen atoms in total. The number of nitrogens with one attached hydrogen (secondary N) is 1. The first-order valence-corrected chi connectivity index (χ1v) is 9.41. The molecule has 0 spiro atoms. The molecule has 4 atom stereocenters. The van der Waals surface area contributed by atoms with Gasteiger partial charge in [-0.15, -0.1) is 0 Å². The van der Waals surface area contributed by atoms with Crippen LogP contribution in [0.25, 0.3) is 0 Å². The smallest absolute Gasteiger partial charge is 0.239 e. The van der Waals surface area contributed by atoms with Gasteiger partial charge in [0.25, 0.3) is 0 Å². The molecule has 1 aliphatic heterocycles. The van der Waals surface area contributed by atoms with Crippen molar-refractivity contribution >= 4 is 5.91 Å². The lowest BCUT2D eigenvalue weighted by Crippen LogP contribution is -2.51. The van der Waals surface area contributed by atoms with E-state index in [1.54, 1.807) is 0 Å². The highest BCUT2D eigenvalue weighted by atomic mass is 16.3. The number of amides is 1. The molecule has 1 amide bonds. The van der Waals surface area contributed by atoms with Crippen LogP contribution in [0.5, 0.6) is 0 Å². The second-order valence-electron chi connectivity index (χ2n) is 8.19. The molecule has 23 heavy (non-hydrogen) atoms. The summed E-state index contributed by atoms with van der Waals surface area (Å²) in [6.45, 7) is 6.73. The number of aliphatic hydroxyl groups excluding tert-OH is 1. The number of nitrogens with zero attached hydrogens (tertiary/aromatic N) is 1. The lowest BCUT2D eigenvalue weighted by atomic mass is 9.92. The van der Waals surface area contributed by atoms with Crippen LogP contribution in [0, 0.1) is 23.7 Å². The topological polar surface area (TPSA) is 52.6 Å². The normalized spacial score (nSPS) is 32.0. The zero-order valence-corrected chi connectivity index (χ0v) is 14.6. The van der Waals surface area contributed by atoms with Crippen molar-refractivity contribution in [3.8, 4) is 0 Å². The summed E-state index contributed by atoms with van der Waals surface area (Å²) in [7, 11) is 0. The maximum atomic E-state index is 12.9. The van der Waals surface area contributed by atoms with Crippen LogP contribution >= 0.6 is 0 Å². The van der Waals surface area contributed by atoms with Crippen LogP contribution in [0.15, 0.2) is 12.2 Å². The molecule has 3 aliphatic rings. The van der Waals surface area contributed by atoms with Crippen LogP contribution in [0.1, 0.15) is 46.0 Å². The van der Waals surface area contributed by atoms with Crippen molar-refractivity contribution in [2.45, 2.75) is 58.1 Å². The van der Waals surface area contributed by atoms with Crippen LogP contribution < -0.4 is 5.32 Å². The summed E-state index contributed by atoms with van der Waals surface area (Å²) in [6, 6.07) is -0.0617. The highest BCUT2D eigenvalue weighted by Gasteiger charge is 2.36. The van der Waals surface area contributed by atoms with E-state index in [0.29, 0.717) is 24.9 Å². The number of rotatable bonds is 6. The predicted molar refractivity (Wildman–Crippen MR) is 91.9 cm³/mol. The molecule has 0 aromatic heterocycles. The predicted octanol–water partition coefficient (Wildman–Crippen LogP) is 2.19. The highest BCUT2D eigenvalue weighted by Crippen LogP contribution is 2.43. The zero-order chi connectivity index (χ0) is 16.4. The third kappa shape index (κ3) is 4.16. The van der Waals surface area contributed by atoms with E-state index in [0.717, 1.165) is 37.6 Å². The molecule has 1 saturated heterocycles. The van der Waals surface area contributed by atoms with Crippen molar-refractivity contribution in [1.82, 2.24) is 10.2 Å². The molecular weight excluding hydrogens is 288 g/mol. The van der Waals surface area contributed by atoms with Gasteiger partial charge in [0, 0.05) is 13.1 Å². The molecular formula is C19H32N2O2. The lowest BCUT2D eigenvalue weighted by Gasteiger charge is -2.34. The summed E-state index contributed by atoms with van der Waals surface area (Å²) < 4.78 is 0. The SMILES string of the molecule is CC(C)CC(NCC1CC2C=CC1C2)C(=O)N1CCC(O)CC1. The fourth-order valence-electron chi connectivity index (χ4n) is 4.47. The molecule has 2 aliphatic carbocycles. The van der Waals surface area contributed by atoms with E-state index in [4.69, 9.17) is 0 Å². The number of likely N-dealkylation sites (tertiary alicyclic amines) is 1. The second kappa shape index (κ2) is 7.35. The fraction of sp³-hybridized carbons (Fsp3) is 0.842. The minimum Gasteiger partial charge on any atom is -0.393 e. The van der Waals surface area contributed by atoms with Crippen molar-refractivity contribution in [3.05, 3.63) is 12.2 Å². The Morgan fingerprint density at radius 1 is 1.26 bits per heavy atom. The third-order valence-electron chi connectivity index (χ3n) is 5.82. The van der Waals surface area contributed by atoms with E-state index < -0.39 is 0 Å². The summed E-state index contributed by atoms with van der Waals surface area (Å²) in [6.07, 6.45) is 9.47. The third-order valence-corrected chi connectivity index (χ3v) is 5.82.